The number of nitrogens with one attached hydrogen (secondary N) is 1. The first-order chi connectivity index (χ1) is 8.68. The summed E-state index contributed by atoms with van der Waals surface area (Å²) in [6, 6.07) is 0.253. The summed E-state index contributed by atoms with van der Waals surface area (Å²) in [4.78, 5) is 1.05. The average Bonchev–Trinajstić information content (AvgIpc) is 2.94. The van der Waals surface area contributed by atoms with E-state index in [0.717, 1.165) is 35.3 Å². The van der Waals surface area contributed by atoms with Crippen LogP contribution in [0.4, 0.5) is 0 Å². The first-order valence-electron chi connectivity index (χ1n) is 6.17. The fourth-order valence-electron chi connectivity index (χ4n) is 2.24. The van der Waals surface area contributed by atoms with Crippen LogP contribution in [-0.4, -0.2) is 30.9 Å². The van der Waals surface area contributed by atoms with Crippen molar-refractivity contribution in [1.29, 1.82) is 0 Å². The van der Waals surface area contributed by atoms with Gasteiger partial charge in [-0.2, -0.15) is 0 Å². The highest BCUT2D eigenvalue weighted by Gasteiger charge is 2.25. The second kappa shape index (κ2) is 4.40. The Morgan fingerprint density at radius 1 is 1.33 bits per heavy atom. The zero-order valence-electron chi connectivity index (χ0n) is 10.7. The summed E-state index contributed by atoms with van der Waals surface area (Å²) in [5, 5.41) is 16.2. The van der Waals surface area contributed by atoms with Gasteiger partial charge < -0.3 is 9.88 Å². The van der Waals surface area contributed by atoms with E-state index in [9.17, 15) is 0 Å². The molecule has 0 bridgehead atoms. The fraction of sp³-hybridized carbons (Fsp3) is 0.636. The number of hydrogen-bond acceptors (Lipinski definition) is 6. The summed E-state index contributed by atoms with van der Waals surface area (Å²) >= 11 is 1.40. The Balaban J connectivity index is 2.10. The maximum Gasteiger partial charge on any atom is 0.177 e. The Bertz CT molecular complexity index is 558. The van der Waals surface area contributed by atoms with E-state index >= 15 is 0 Å². The molecule has 1 unspecified atom stereocenters. The van der Waals surface area contributed by atoms with Gasteiger partial charge in [0.2, 0.25) is 0 Å². The van der Waals surface area contributed by atoms with E-state index in [1.807, 2.05) is 0 Å². The summed E-state index contributed by atoms with van der Waals surface area (Å²) in [5.41, 5.74) is 1.02. The van der Waals surface area contributed by atoms with E-state index in [2.05, 4.69) is 50.4 Å². The largest absolute Gasteiger partial charge is 0.308 e. The molecule has 3 rings (SSSR count). The molecule has 7 heteroatoms. The van der Waals surface area contributed by atoms with Gasteiger partial charge in [-0.1, -0.05) is 18.3 Å². The molecule has 18 heavy (non-hydrogen) atoms. The molecule has 0 aromatic carbocycles. The molecule has 1 atom stereocenters. The third-order valence-corrected chi connectivity index (χ3v) is 3.95. The molecular weight excluding hydrogens is 248 g/mol. The Labute approximate surface area is 110 Å². The quantitative estimate of drug-likeness (QED) is 0.892. The Morgan fingerprint density at radius 3 is 2.94 bits per heavy atom. The van der Waals surface area contributed by atoms with Crippen LogP contribution in [0.5, 0.6) is 0 Å². The Morgan fingerprint density at radius 2 is 2.17 bits per heavy atom. The minimum atomic E-state index is 0.253. The van der Waals surface area contributed by atoms with Gasteiger partial charge in [-0.15, -0.1) is 15.3 Å². The molecule has 1 N–H and O–H groups in total. The van der Waals surface area contributed by atoms with Crippen LogP contribution in [0.2, 0.25) is 0 Å². The molecule has 2 aromatic rings. The van der Waals surface area contributed by atoms with Gasteiger partial charge in [0.15, 0.2) is 5.82 Å². The van der Waals surface area contributed by atoms with Crippen LogP contribution in [0.25, 0.3) is 10.7 Å². The van der Waals surface area contributed by atoms with Crippen molar-refractivity contribution in [1.82, 2.24) is 29.7 Å². The molecule has 0 aliphatic carbocycles. The summed E-state index contributed by atoms with van der Waals surface area (Å²) < 4.78 is 6.25. The van der Waals surface area contributed by atoms with Crippen LogP contribution in [-0.2, 0) is 6.54 Å². The maximum absolute atomic E-state index is 4.34. The van der Waals surface area contributed by atoms with E-state index in [1.54, 1.807) is 0 Å². The SMILES string of the molecule is CC(C)c1nnsc1-c1nnc2n1CCNC2C. The molecule has 1 aliphatic heterocycles. The molecule has 1 aliphatic rings. The van der Waals surface area contributed by atoms with Crippen molar-refractivity contribution in [2.24, 2.45) is 0 Å². The second-order valence-corrected chi connectivity index (χ2v) is 5.61. The molecule has 0 spiro atoms. The molecule has 0 saturated carbocycles. The van der Waals surface area contributed by atoms with Crippen LogP contribution >= 0.6 is 11.5 Å². The fourth-order valence-corrected chi connectivity index (χ4v) is 3.05. The highest BCUT2D eigenvalue weighted by atomic mass is 32.1. The van der Waals surface area contributed by atoms with Crippen molar-refractivity contribution in [3.05, 3.63) is 11.5 Å². The molecule has 6 nitrogen and oxygen atoms in total. The first-order valence-corrected chi connectivity index (χ1v) is 6.95. The lowest BCUT2D eigenvalue weighted by Gasteiger charge is -2.21. The lowest BCUT2D eigenvalue weighted by atomic mass is 10.1. The van der Waals surface area contributed by atoms with Gasteiger partial charge in [-0.05, 0) is 24.4 Å². The number of fused-ring (bicyclic) bond motifs is 1. The zero-order chi connectivity index (χ0) is 12.7. The van der Waals surface area contributed by atoms with Crippen molar-refractivity contribution in [2.75, 3.05) is 6.54 Å². The topological polar surface area (TPSA) is 68.5 Å². The van der Waals surface area contributed by atoms with Crippen LogP contribution in [0.15, 0.2) is 0 Å². The zero-order valence-corrected chi connectivity index (χ0v) is 11.5. The molecule has 96 valence electrons. The van der Waals surface area contributed by atoms with E-state index < -0.39 is 0 Å². The predicted octanol–water partition coefficient (Wildman–Crippen LogP) is 1.58. The van der Waals surface area contributed by atoms with Crippen molar-refractivity contribution in [2.45, 2.75) is 39.3 Å². The average molecular weight is 264 g/mol. The van der Waals surface area contributed by atoms with Gasteiger partial charge in [0.25, 0.3) is 0 Å². The molecule has 0 fully saturated rings. The van der Waals surface area contributed by atoms with E-state index in [0.29, 0.717) is 5.92 Å². The first kappa shape index (κ1) is 11.7. The monoisotopic (exact) mass is 264 g/mol. The number of rotatable bonds is 2. The van der Waals surface area contributed by atoms with Gasteiger partial charge in [-0.3, -0.25) is 0 Å². The predicted molar refractivity (Wildman–Crippen MR) is 69.4 cm³/mol. The summed E-state index contributed by atoms with van der Waals surface area (Å²) in [5.74, 6) is 2.27. The molecule has 2 aromatic heterocycles. The third-order valence-electron chi connectivity index (χ3n) is 3.22. The molecule has 3 heterocycles. The highest BCUT2D eigenvalue weighted by molar-refractivity contribution is 7.09. The van der Waals surface area contributed by atoms with Crippen molar-refractivity contribution >= 4 is 11.5 Å². The minimum absolute atomic E-state index is 0.253. The van der Waals surface area contributed by atoms with Crippen LogP contribution in [0.3, 0.4) is 0 Å². The maximum atomic E-state index is 4.34. The lowest BCUT2D eigenvalue weighted by Crippen LogP contribution is -2.32. The summed E-state index contributed by atoms with van der Waals surface area (Å²) in [6.07, 6.45) is 0. The molecule has 0 radical (unpaired) electrons. The number of hydrogen-bond donors (Lipinski definition) is 1. The van der Waals surface area contributed by atoms with Crippen LogP contribution in [0.1, 0.15) is 44.2 Å². The number of nitrogens with zero attached hydrogens (tertiary/aromatic N) is 5. The molecule has 0 amide bonds. The smallest absolute Gasteiger partial charge is 0.177 e. The summed E-state index contributed by atoms with van der Waals surface area (Å²) in [7, 11) is 0. The molecular formula is C11H16N6S. The third kappa shape index (κ3) is 1.74. The van der Waals surface area contributed by atoms with Crippen LogP contribution in [0, 0.1) is 0 Å². The Kier molecular flexibility index (Phi) is 2.87. The second-order valence-electron chi connectivity index (χ2n) is 4.85. The number of aromatic nitrogens is 5. The van der Waals surface area contributed by atoms with Gasteiger partial charge in [0.05, 0.1) is 11.7 Å². The summed E-state index contributed by atoms with van der Waals surface area (Å²) in [6.45, 7) is 8.20. The lowest BCUT2D eigenvalue weighted by molar-refractivity contribution is 0.439. The van der Waals surface area contributed by atoms with E-state index in [-0.39, 0.29) is 6.04 Å². The van der Waals surface area contributed by atoms with Gasteiger partial charge in [0, 0.05) is 13.1 Å². The minimum Gasteiger partial charge on any atom is -0.308 e. The van der Waals surface area contributed by atoms with Crippen molar-refractivity contribution in [3.63, 3.8) is 0 Å². The van der Waals surface area contributed by atoms with E-state index in [1.165, 1.54) is 11.5 Å². The normalized spacial score (nSPS) is 19.2. The van der Waals surface area contributed by atoms with Crippen molar-refractivity contribution < 1.29 is 0 Å². The van der Waals surface area contributed by atoms with E-state index in [4.69, 9.17) is 0 Å². The van der Waals surface area contributed by atoms with Crippen LogP contribution < -0.4 is 5.32 Å². The Hall–Kier alpha value is -1.34. The highest BCUT2D eigenvalue weighted by Crippen LogP contribution is 2.31. The van der Waals surface area contributed by atoms with Gasteiger partial charge in [0.1, 0.15) is 10.7 Å². The van der Waals surface area contributed by atoms with Gasteiger partial charge >= 0.3 is 0 Å². The molecule has 0 saturated heterocycles. The standard InChI is InChI=1S/C11H16N6S/c1-6(2)8-9(18-16-13-8)11-15-14-10-7(3)12-4-5-17(10)11/h6-7,12H,4-5H2,1-3H3. The van der Waals surface area contributed by atoms with Gasteiger partial charge in [-0.25, -0.2) is 0 Å². The van der Waals surface area contributed by atoms with Crippen molar-refractivity contribution in [3.8, 4) is 10.7 Å².